The molecule has 0 saturated heterocycles. The van der Waals surface area contributed by atoms with E-state index < -0.39 is 0 Å². The third-order valence-corrected chi connectivity index (χ3v) is 3.42. The smallest absolute Gasteiger partial charge is 0.231 e. The van der Waals surface area contributed by atoms with Gasteiger partial charge in [-0.2, -0.15) is 0 Å². The highest BCUT2D eigenvalue weighted by atomic mass is 79.9. The first-order valence-electron chi connectivity index (χ1n) is 4.94. The quantitative estimate of drug-likeness (QED) is 0.879. The molecule has 1 aliphatic heterocycles. The van der Waals surface area contributed by atoms with Crippen molar-refractivity contribution in [3.63, 3.8) is 0 Å². The van der Waals surface area contributed by atoms with Gasteiger partial charge in [-0.05, 0) is 23.6 Å². The molecule has 0 saturated carbocycles. The van der Waals surface area contributed by atoms with Crippen molar-refractivity contribution < 1.29 is 4.79 Å². The fourth-order valence-corrected chi connectivity index (χ4v) is 2.48. The summed E-state index contributed by atoms with van der Waals surface area (Å²) in [5.74, 6) is -0.259. The molecular weight excluding hydrogens is 256 g/mol. The average molecular weight is 269 g/mol. The van der Waals surface area contributed by atoms with Gasteiger partial charge in [0.25, 0.3) is 0 Å². The lowest BCUT2D eigenvalue weighted by molar-refractivity contribution is -0.119. The van der Waals surface area contributed by atoms with Crippen molar-refractivity contribution in [1.29, 1.82) is 0 Å². The molecule has 0 spiro atoms. The number of fused-ring (bicyclic) bond motifs is 1. The van der Waals surface area contributed by atoms with E-state index in [-0.39, 0.29) is 5.91 Å². The summed E-state index contributed by atoms with van der Waals surface area (Å²) >= 11 is 3.53. The predicted octanol–water partition coefficient (Wildman–Crippen LogP) is 1.29. The number of benzene rings is 1. The SMILES string of the molecule is NC(=O)CN1CCc2cccc(Br)c2C1. The highest BCUT2D eigenvalue weighted by Gasteiger charge is 2.18. The van der Waals surface area contributed by atoms with Gasteiger partial charge in [0.15, 0.2) is 0 Å². The highest BCUT2D eigenvalue weighted by molar-refractivity contribution is 9.10. The summed E-state index contributed by atoms with van der Waals surface area (Å²) < 4.78 is 1.12. The van der Waals surface area contributed by atoms with E-state index in [2.05, 4.69) is 26.9 Å². The number of hydrogen-bond donors (Lipinski definition) is 1. The molecule has 1 aromatic rings. The lowest BCUT2D eigenvalue weighted by Crippen LogP contribution is -2.37. The van der Waals surface area contributed by atoms with E-state index in [9.17, 15) is 4.79 Å². The van der Waals surface area contributed by atoms with Crippen LogP contribution in [0.15, 0.2) is 22.7 Å². The maximum absolute atomic E-state index is 10.8. The number of hydrogen-bond acceptors (Lipinski definition) is 2. The van der Waals surface area contributed by atoms with Crippen LogP contribution in [-0.4, -0.2) is 23.9 Å². The summed E-state index contributed by atoms with van der Waals surface area (Å²) in [7, 11) is 0. The zero-order valence-corrected chi connectivity index (χ0v) is 9.96. The number of nitrogens with zero attached hydrogens (tertiary/aromatic N) is 1. The number of amides is 1. The molecule has 1 heterocycles. The van der Waals surface area contributed by atoms with Crippen LogP contribution >= 0.6 is 15.9 Å². The van der Waals surface area contributed by atoms with Crippen molar-refractivity contribution in [2.45, 2.75) is 13.0 Å². The van der Waals surface area contributed by atoms with Crippen molar-refractivity contribution in [3.05, 3.63) is 33.8 Å². The predicted molar refractivity (Wildman–Crippen MR) is 62.3 cm³/mol. The van der Waals surface area contributed by atoms with Crippen molar-refractivity contribution in [2.24, 2.45) is 5.73 Å². The van der Waals surface area contributed by atoms with Gasteiger partial charge in [0.2, 0.25) is 5.91 Å². The molecule has 80 valence electrons. The van der Waals surface area contributed by atoms with Gasteiger partial charge < -0.3 is 5.73 Å². The Hall–Kier alpha value is -0.870. The van der Waals surface area contributed by atoms with Gasteiger partial charge >= 0.3 is 0 Å². The number of carbonyl (C=O) groups excluding carboxylic acids is 1. The number of carbonyl (C=O) groups is 1. The van der Waals surface area contributed by atoms with Gasteiger partial charge in [0, 0.05) is 17.6 Å². The molecule has 0 aliphatic carbocycles. The molecule has 2 N–H and O–H groups in total. The second-order valence-corrected chi connectivity index (χ2v) is 4.66. The van der Waals surface area contributed by atoms with E-state index in [0.29, 0.717) is 6.54 Å². The zero-order chi connectivity index (χ0) is 10.8. The van der Waals surface area contributed by atoms with E-state index >= 15 is 0 Å². The normalized spacial score (nSPS) is 16.1. The van der Waals surface area contributed by atoms with Gasteiger partial charge in [-0.15, -0.1) is 0 Å². The van der Waals surface area contributed by atoms with Gasteiger partial charge in [0.1, 0.15) is 0 Å². The van der Waals surface area contributed by atoms with Crippen LogP contribution in [-0.2, 0) is 17.8 Å². The third kappa shape index (κ3) is 2.38. The van der Waals surface area contributed by atoms with Crippen molar-refractivity contribution in [3.8, 4) is 0 Å². The van der Waals surface area contributed by atoms with Crippen LogP contribution in [0.3, 0.4) is 0 Å². The van der Waals surface area contributed by atoms with Crippen LogP contribution in [0.2, 0.25) is 0 Å². The summed E-state index contributed by atoms with van der Waals surface area (Å²) in [6, 6.07) is 6.22. The second-order valence-electron chi connectivity index (χ2n) is 3.80. The molecule has 0 atom stereocenters. The number of halogens is 1. The Kier molecular flexibility index (Phi) is 3.07. The molecule has 4 heteroatoms. The number of rotatable bonds is 2. The Morgan fingerprint density at radius 3 is 3.07 bits per heavy atom. The molecule has 0 radical (unpaired) electrons. The van der Waals surface area contributed by atoms with Crippen LogP contribution in [0.5, 0.6) is 0 Å². The van der Waals surface area contributed by atoms with E-state index in [4.69, 9.17) is 5.73 Å². The van der Waals surface area contributed by atoms with E-state index in [0.717, 1.165) is 24.0 Å². The van der Waals surface area contributed by atoms with Crippen LogP contribution in [0.25, 0.3) is 0 Å². The average Bonchev–Trinajstić information content (AvgIpc) is 2.18. The van der Waals surface area contributed by atoms with Crippen LogP contribution in [0.1, 0.15) is 11.1 Å². The maximum atomic E-state index is 10.8. The van der Waals surface area contributed by atoms with Gasteiger partial charge in [-0.25, -0.2) is 0 Å². The number of nitrogens with two attached hydrogens (primary N) is 1. The Morgan fingerprint density at radius 1 is 1.53 bits per heavy atom. The second kappa shape index (κ2) is 4.33. The lowest BCUT2D eigenvalue weighted by atomic mass is 10.00. The van der Waals surface area contributed by atoms with E-state index in [1.807, 2.05) is 12.1 Å². The van der Waals surface area contributed by atoms with E-state index in [1.54, 1.807) is 0 Å². The molecule has 0 aromatic heterocycles. The minimum Gasteiger partial charge on any atom is -0.369 e. The van der Waals surface area contributed by atoms with Gasteiger partial charge in [-0.1, -0.05) is 28.1 Å². The maximum Gasteiger partial charge on any atom is 0.231 e. The summed E-state index contributed by atoms with van der Waals surface area (Å²) in [5.41, 5.74) is 7.84. The molecule has 2 rings (SSSR count). The topological polar surface area (TPSA) is 46.3 Å². The molecule has 15 heavy (non-hydrogen) atoms. The van der Waals surface area contributed by atoms with Crippen molar-refractivity contribution >= 4 is 21.8 Å². The van der Waals surface area contributed by atoms with Crippen molar-refractivity contribution in [2.75, 3.05) is 13.1 Å². The summed E-state index contributed by atoms with van der Waals surface area (Å²) in [6.45, 7) is 2.06. The molecule has 3 nitrogen and oxygen atoms in total. The Balaban J connectivity index is 2.18. The monoisotopic (exact) mass is 268 g/mol. The first-order valence-corrected chi connectivity index (χ1v) is 5.73. The van der Waals surface area contributed by atoms with E-state index in [1.165, 1.54) is 11.1 Å². The van der Waals surface area contributed by atoms with Crippen LogP contribution in [0.4, 0.5) is 0 Å². The summed E-state index contributed by atoms with van der Waals surface area (Å²) in [5, 5.41) is 0. The Morgan fingerprint density at radius 2 is 2.33 bits per heavy atom. The first kappa shape index (κ1) is 10.6. The fourth-order valence-electron chi connectivity index (χ4n) is 1.95. The Labute approximate surface area is 97.4 Å². The van der Waals surface area contributed by atoms with Crippen LogP contribution < -0.4 is 5.73 Å². The standard InChI is InChI=1S/C11H13BrN2O/c12-10-3-1-2-8-4-5-14(6-9(8)10)7-11(13)15/h1-3H,4-7H2,(H2,13,15). The largest absolute Gasteiger partial charge is 0.369 e. The molecule has 0 fully saturated rings. The Bertz CT molecular complexity index is 392. The minimum absolute atomic E-state index is 0.259. The first-order chi connectivity index (χ1) is 7.16. The molecular formula is C11H13BrN2O. The molecule has 1 aromatic carbocycles. The molecule has 0 unspecified atom stereocenters. The minimum atomic E-state index is -0.259. The van der Waals surface area contributed by atoms with Gasteiger partial charge in [-0.3, -0.25) is 9.69 Å². The molecule has 1 amide bonds. The fraction of sp³-hybridized carbons (Fsp3) is 0.364. The third-order valence-electron chi connectivity index (χ3n) is 2.67. The molecule has 0 bridgehead atoms. The lowest BCUT2D eigenvalue weighted by Gasteiger charge is -2.28. The van der Waals surface area contributed by atoms with Crippen molar-refractivity contribution in [1.82, 2.24) is 4.90 Å². The summed E-state index contributed by atoms with van der Waals surface area (Å²) in [4.78, 5) is 12.9. The molecule has 1 aliphatic rings. The summed E-state index contributed by atoms with van der Waals surface area (Å²) in [6.07, 6.45) is 0.988. The zero-order valence-electron chi connectivity index (χ0n) is 8.37. The van der Waals surface area contributed by atoms with Gasteiger partial charge in [0.05, 0.1) is 6.54 Å². The van der Waals surface area contributed by atoms with Crippen LogP contribution in [0, 0.1) is 0 Å². The highest BCUT2D eigenvalue weighted by Crippen LogP contribution is 2.26. The number of primary amides is 1.